The molecule has 0 radical (unpaired) electrons. The molecule has 3 aromatic rings. The molecule has 0 saturated carbocycles. The Morgan fingerprint density at radius 1 is 0.981 bits per heavy atom. The summed E-state index contributed by atoms with van der Waals surface area (Å²) in [5.74, 6) is -0.271. The maximum atomic E-state index is 14.0. The van der Waals surface area contributed by atoms with Crippen LogP contribution in [0.5, 0.6) is 0 Å². The fourth-order valence-corrected chi connectivity index (χ4v) is 6.49. The third-order valence-electron chi connectivity index (χ3n) is 9.30. The number of rotatable bonds is 17. The number of allylic oxidation sites excluding steroid dienone is 1. The number of hydrogen-bond donors (Lipinski definition) is 4. The van der Waals surface area contributed by atoms with Gasteiger partial charge in [0.15, 0.2) is 17.9 Å². The minimum Gasteiger partial charge on any atom is -0.441 e. The van der Waals surface area contributed by atoms with Gasteiger partial charge in [0.1, 0.15) is 6.04 Å². The standard InChI is InChI=1S/C38H48N8O6/c1-26(2)34(43-36(49)46(3)25-38(24-39-45-44-38)29-16-10-11-17-29)35(48)41-30(20-27-12-6-4-7-13-27)22-33(47)32(21-28-14-8-5-9-15-28)42-37(50)51-23-31-18-19-40-52-31/h4-9,12-16,18-19,24,26,30,32-34,47H,10-11,17,20-23,25H2,1-3H3,(H,41,48)(H,42,50)(H,43,49)/t30-,32-,33-,34-,38?/m0/s1. The van der Waals surface area contributed by atoms with E-state index in [1.807, 2.05) is 74.5 Å². The fraction of sp³-hybridized carbons (Fsp3) is 0.447. The van der Waals surface area contributed by atoms with Gasteiger partial charge in [0, 0.05) is 19.2 Å². The first-order valence-electron chi connectivity index (χ1n) is 17.7. The largest absolute Gasteiger partial charge is 0.441 e. The van der Waals surface area contributed by atoms with E-state index in [-0.39, 0.29) is 31.4 Å². The van der Waals surface area contributed by atoms with Crippen molar-refractivity contribution in [3.05, 3.63) is 101 Å². The Bertz CT molecular complexity index is 1680. The second kappa shape index (κ2) is 18.2. The van der Waals surface area contributed by atoms with Crippen LogP contribution in [0.1, 0.15) is 56.4 Å². The van der Waals surface area contributed by atoms with E-state index in [9.17, 15) is 19.5 Å². The van der Waals surface area contributed by atoms with Gasteiger partial charge < -0.3 is 35.2 Å². The molecule has 14 nitrogen and oxygen atoms in total. The van der Waals surface area contributed by atoms with Gasteiger partial charge in [-0.25, -0.2) is 9.59 Å². The lowest BCUT2D eigenvalue weighted by Crippen LogP contribution is -2.57. The molecule has 5 rings (SSSR count). The summed E-state index contributed by atoms with van der Waals surface area (Å²) >= 11 is 0. The zero-order valence-corrected chi connectivity index (χ0v) is 29.9. The third kappa shape index (κ3) is 10.6. The monoisotopic (exact) mass is 712 g/mol. The number of nitrogens with zero attached hydrogens (tertiary/aromatic N) is 5. The quantitative estimate of drug-likeness (QED) is 0.143. The molecule has 0 bridgehead atoms. The van der Waals surface area contributed by atoms with Crippen molar-refractivity contribution in [1.82, 2.24) is 26.0 Å². The topological polar surface area (TPSA) is 183 Å². The van der Waals surface area contributed by atoms with E-state index in [2.05, 4.69) is 42.6 Å². The van der Waals surface area contributed by atoms with Gasteiger partial charge in [-0.1, -0.05) is 85.7 Å². The number of nitrogens with one attached hydrogen (secondary N) is 3. The van der Waals surface area contributed by atoms with Crippen LogP contribution in [0.3, 0.4) is 0 Å². The first kappa shape index (κ1) is 37.9. The van der Waals surface area contributed by atoms with Crippen LogP contribution in [0.4, 0.5) is 9.59 Å². The first-order chi connectivity index (χ1) is 25.1. The molecule has 14 heteroatoms. The highest BCUT2D eigenvalue weighted by Crippen LogP contribution is 2.33. The number of aliphatic hydroxyl groups is 1. The first-order valence-corrected chi connectivity index (χ1v) is 17.7. The fourth-order valence-electron chi connectivity index (χ4n) is 6.49. The van der Waals surface area contributed by atoms with Crippen molar-refractivity contribution in [2.45, 2.75) is 88.7 Å². The number of benzene rings is 2. The second-order valence-electron chi connectivity index (χ2n) is 13.7. The van der Waals surface area contributed by atoms with Crippen LogP contribution in [0.25, 0.3) is 0 Å². The van der Waals surface area contributed by atoms with Crippen LogP contribution < -0.4 is 16.0 Å². The molecule has 1 aliphatic heterocycles. The number of hydrogen-bond acceptors (Lipinski definition) is 10. The zero-order valence-electron chi connectivity index (χ0n) is 29.9. The van der Waals surface area contributed by atoms with Gasteiger partial charge in [-0.15, -0.1) is 10.2 Å². The average molecular weight is 713 g/mol. The molecule has 2 aromatic carbocycles. The second-order valence-corrected chi connectivity index (χ2v) is 13.7. The van der Waals surface area contributed by atoms with Gasteiger partial charge in [-0.2, -0.15) is 0 Å². The minimum absolute atomic E-state index is 0.0984. The minimum atomic E-state index is -1.09. The number of ether oxygens (including phenoxy) is 1. The maximum Gasteiger partial charge on any atom is 0.407 e. The van der Waals surface area contributed by atoms with Crippen molar-refractivity contribution in [3.8, 4) is 0 Å². The van der Waals surface area contributed by atoms with Gasteiger partial charge in [0.2, 0.25) is 5.91 Å². The summed E-state index contributed by atoms with van der Waals surface area (Å²) in [4.78, 5) is 41.9. The molecule has 0 spiro atoms. The molecule has 52 heavy (non-hydrogen) atoms. The van der Waals surface area contributed by atoms with E-state index in [0.29, 0.717) is 18.6 Å². The molecule has 1 aliphatic carbocycles. The van der Waals surface area contributed by atoms with Crippen LogP contribution in [0.2, 0.25) is 0 Å². The van der Waals surface area contributed by atoms with Crippen molar-refractivity contribution < 1.29 is 28.8 Å². The number of carbonyl (C=O) groups is 3. The van der Waals surface area contributed by atoms with E-state index in [1.165, 1.54) is 11.1 Å². The molecule has 4 N–H and O–H groups in total. The smallest absolute Gasteiger partial charge is 0.407 e. The van der Waals surface area contributed by atoms with Crippen molar-refractivity contribution in [1.29, 1.82) is 0 Å². The Morgan fingerprint density at radius 3 is 2.29 bits per heavy atom. The van der Waals surface area contributed by atoms with E-state index in [4.69, 9.17) is 9.26 Å². The van der Waals surface area contributed by atoms with Gasteiger partial charge in [-0.05, 0) is 66.4 Å². The lowest BCUT2D eigenvalue weighted by Gasteiger charge is -2.32. The lowest BCUT2D eigenvalue weighted by atomic mass is 9.90. The number of alkyl carbamates (subject to hydrolysis) is 1. The van der Waals surface area contributed by atoms with Crippen LogP contribution >= 0.6 is 0 Å². The Morgan fingerprint density at radius 2 is 1.69 bits per heavy atom. The zero-order chi connectivity index (χ0) is 36.9. The summed E-state index contributed by atoms with van der Waals surface area (Å²) in [5, 5.41) is 36.4. The number of aromatic nitrogens is 1. The number of aliphatic hydroxyl groups excluding tert-OH is 1. The molecular formula is C38H48N8O6. The van der Waals surface area contributed by atoms with E-state index in [1.54, 1.807) is 19.3 Å². The molecule has 1 aromatic heterocycles. The van der Waals surface area contributed by atoms with Gasteiger partial charge >= 0.3 is 12.1 Å². The highest BCUT2D eigenvalue weighted by Gasteiger charge is 2.39. The normalized spacial score (nSPS) is 18.7. The number of carbonyl (C=O) groups excluding carboxylic acids is 3. The molecule has 5 atom stereocenters. The van der Waals surface area contributed by atoms with Crippen molar-refractivity contribution >= 4 is 24.2 Å². The van der Waals surface area contributed by atoms with Gasteiger partial charge in [0.25, 0.3) is 0 Å². The summed E-state index contributed by atoms with van der Waals surface area (Å²) in [6, 6.07) is 18.1. The summed E-state index contributed by atoms with van der Waals surface area (Å²) in [6.07, 6.45) is 7.07. The van der Waals surface area contributed by atoms with Crippen LogP contribution in [0.15, 0.2) is 105 Å². The van der Waals surface area contributed by atoms with Crippen molar-refractivity contribution in [3.63, 3.8) is 0 Å². The SMILES string of the molecule is CC(C)[C@H](NC(=O)N(C)CC1(C2=CCCC2)C=NN=N1)C(=O)N[C@@H](Cc1ccccc1)C[C@H](O)[C@H](Cc1ccccc1)NC(=O)OCc1ccno1. The third-order valence-corrected chi connectivity index (χ3v) is 9.30. The Kier molecular flexibility index (Phi) is 13.3. The van der Waals surface area contributed by atoms with Crippen molar-refractivity contribution in [2.24, 2.45) is 21.4 Å². The number of urea groups is 1. The Balaban J connectivity index is 1.28. The van der Waals surface area contributed by atoms with E-state index >= 15 is 0 Å². The molecule has 0 fully saturated rings. The molecule has 1 unspecified atom stereocenters. The van der Waals surface area contributed by atoms with Crippen LogP contribution in [-0.2, 0) is 29.0 Å². The maximum absolute atomic E-state index is 14.0. The molecule has 2 aliphatic rings. The number of likely N-dealkylation sites (N-methyl/N-ethyl adjacent to an activating group) is 1. The average Bonchev–Trinajstić information content (AvgIpc) is 3.95. The highest BCUT2D eigenvalue weighted by atomic mass is 16.6. The van der Waals surface area contributed by atoms with Crippen molar-refractivity contribution in [2.75, 3.05) is 13.6 Å². The van der Waals surface area contributed by atoms with Gasteiger partial charge in [-0.3, -0.25) is 4.79 Å². The highest BCUT2D eigenvalue weighted by molar-refractivity contribution is 5.88. The molecule has 276 valence electrons. The predicted octanol–water partition coefficient (Wildman–Crippen LogP) is 4.96. The Hall–Kier alpha value is -5.37. The lowest BCUT2D eigenvalue weighted by molar-refractivity contribution is -0.124. The van der Waals surface area contributed by atoms with Gasteiger partial charge in [0.05, 0.1) is 31.1 Å². The van der Waals surface area contributed by atoms with E-state index < -0.39 is 41.9 Å². The summed E-state index contributed by atoms with van der Waals surface area (Å²) in [5.41, 5.74) is 2.12. The summed E-state index contributed by atoms with van der Waals surface area (Å²) in [6.45, 7) is 3.82. The van der Waals surface area contributed by atoms with E-state index in [0.717, 1.165) is 36.0 Å². The molecule has 0 saturated heterocycles. The molecule has 2 heterocycles. The van der Waals surface area contributed by atoms with Crippen LogP contribution in [-0.4, -0.2) is 82.8 Å². The molecular weight excluding hydrogens is 664 g/mol. The molecule has 4 amide bonds. The van der Waals surface area contributed by atoms with Crippen LogP contribution in [0, 0.1) is 5.92 Å². The predicted molar refractivity (Wildman–Crippen MR) is 194 cm³/mol. The Labute approximate surface area is 303 Å². The summed E-state index contributed by atoms with van der Waals surface area (Å²) < 4.78 is 10.3. The number of amides is 4. The summed E-state index contributed by atoms with van der Waals surface area (Å²) in [7, 11) is 1.66.